The molecule has 3 heteroatoms. The molecule has 0 rings (SSSR count). The van der Waals surface area contributed by atoms with Crippen LogP contribution in [0.3, 0.4) is 0 Å². The zero-order chi connectivity index (χ0) is 11.8. The van der Waals surface area contributed by atoms with E-state index < -0.39 is 0 Å². The molecule has 0 aromatic rings. The molecule has 0 saturated carbocycles. The fourth-order valence-corrected chi connectivity index (χ4v) is 2.55. The van der Waals surface area contributed by atoms with Gasteiger partial charge in [0, 0.05) is 24.4 Å². The largest absolute Gasteiger partial charge is 0.315 e. The van der Waals surface area contributed by atoms with Gasteiger partial charge in [0.1, 0.15) is 0 Å². The number of likely N-dealkylation sites (N-methyl/N-ethyl adjacent to an activating group) is 2. The molecule has 2 atom stereocenters. The van der Waals surface area contributed by atoms with E-state index in [1.807, 2.05) is 11.8 Å². The van der Waals surface area contributed by atoms with Crippen LogP contribution in [0.15, 0.2) is 0 Å². The number of nitrogens with one attached hydrogen (secondary N) is 1. The first-order chi connectivity index (χ1) is 7.04. The second-order valence-electron chi connectivity index (χ2n) is 4.59. The van der Waals surface area contributed by atoms with Gasteiger partial charge >= 0.3 is 0 Å². The zero-order valence-electron chi connectivity index (χ0n) is 11.2. The van der Waals surface area contributed by atoms with E-state index in [0.717, 1.165) is 13.1 Å². The molecule has 0 heterocycles. The molecule has 1 N–H and O–H groups in total. The van der Waals surface area contributed by atoms with Gasteiger partial charge in [0.2, 0.25) is 0 Å². The van der Waals surface area contributed by atoms with E-state index in [0.29, 0.717) is 18.0 Å². The van der Waals surface area contributed by atoms with Crippen LogP contribution in [0.1, 0.15) is 27.7 Å². The summed E-state index contributed by atoms with van der Waals surface area (Å²) >= 11 is 1.93. The highest BCUT2D eigenvalue weighted by Gasteiger charge is 2.21. The molecule has 0 aromatic carbocycles. The van der Waals surface area contributed by atoms with Crippen molar-refractivity contribution in [1.29, 1.82) is 0 Å². The van der Waals surface area contributed by atoms with Crippen molar-refractivity contribution in [2.75, 3.05) is 32.1 Å². The van der Waals surface area contributed by atoms with Crippen LogP contribution in [0.25, 0.3) is 0 Å². The summed E-state index contributed by atoms with van der Waals surface area (Å²) in [5, 5.41) is 3.46. The van der Waals surface area contributed by atoms with Crippen LogP contribution in [0, 0.1) is 5.92 Å². The highest BCUT2D eigenvalue weighted by atomic mass is 32.2. The van der Waals surface area contributed by atoms with E-state index in [1.165, 1.54) is 5.75 Å². The Labute approximate surface area is 100 Å². The molecule has 0 amide bonds. The van der Waals surface area contributed by atoms with Crippen LogP contribution in [0.2, 0.25) is 0 Å². The Hall–Kier alpha value is 0.270. The average molecular weight is 232 g/mol. The zero-order valence-corrected chi connectivity index (χ0v) is 12.0. The fourth-order valence-electron chi connectivity index (χ4n) is 1.83. The standard InChI is InChI=1S/C12H28N2S/c1-7-13-8-12(10(2)3)14(5)11(4)9-15-6/h10-13H,7-9H2,1-6H3. The Morgan fingerprint density at radius 1 is 1.27 bits per heavy atom. The van der Waals surface area contributed by atoms with Gasteiger partial charge in [-0.15, -0.1) is 0 Å². The molecule has 0 spiro atoms. The van der Waals surface area contributed by atoms with E-state index in [2.05, 4.69) is 51.2 Å². The van der Waals surface area contributed by atoms with E-state index in [-0.39, 0.29) is 0 Å². The van der Waals surface area contributed by atoms with Gasteiger partial charge in [0.15, 0.2) is 0 Å². The Morgan fingerprint density at radius 2 is 1.87 bits per heavy atom. The van der Waals surface area contributed by atoms with Gasteiger partial charge < -0.3 is 5.32 Å². The molecule has 0 saturated heterocycles. The maximum atomic E-state index is 3.46. The average Bonchev–Trinajstić information content (AvgIpc) is 2.18. The molecule has 0 aliphatic carbocycles. The maximum absolute atomic E-state index is 3.46. The third kappa shape index (κ3) is 5.79. The van der Waals surface area contributed by atoms with Crippen molar-refractivity contribution in [3.05, 3.63) is 0 Å². The Morgan fingerprint density at radius 3 is 2.27 bits per heavy atom. The SMILES string of the molecule is CCNCC(C(C)C)N(C)C(C)CSC. The first-order valence-corrected chi connectivity index (χ1v) is 7.35. The van der Waals surface area contributed by atoms with Crippen LogP contribution in [0.5, 0.6) is 0 Å². The van der Waals surface area contributed by atoms with Gasteiger partial charge in [-0.2, -0.15) is 11.8 Å². The summed E-state index contributed by atoms with van der Waals surface area (Å²) in [7, 11) is 2.25. The van der Waals surface area contributed by atoms with E-state index in [1.54, 1.807) is 0 Å². The van der Waals surface area contributed by atoms with Gasteiger partial charge in [-0.05, 0) is 32.7 Å². The quantitative estimate of drug-likeness (QED) is 0.691. The summed E-state index contributed by atoms with van der Waals surface area (Å²) in [4.78, 5) is 2.52. The lowest BCUT2D eigenvalue weighted by molar-refractivity contribution is 0.153. The van der Waals surface area contributed by atoms with Crippen molar-refractivity contribution in [2.45, 2.75) is 39.8 Å². The summed E-state index contributed by atoms with van der Waals surface area (Å²) in [5.74, 6) is 1.92. The van der Waals surface area contributed by atoms with Gasteiger partial charge in [0.25, 0.3) is 0 Å². The fraction of sp³-hybridized carbons (Fsp3) is 1.00. The third-order valence-electron chi connectivity index (χ3n) is 3.00. The topological polar surface area (TPSA) is 15.3 Å². The second kappa shape index (κ2) is 8.43. The first-order valence-electron chi connectivity index (χ1n) is 5.96. The van der Waals surface area contributed by atoms with Gasteiger partial charge in [0.05, 0.1) is 0 Å². The molecule has 0 aliphatic heterocycles. The maximum Gasteiger partial charge on any atom is 0.0243 e. The lowest BCUT2D eigenvalue weighted by Crippen LogP contribution is -2.48. The van der Waals surface area contributed by atoms with Crippen LogP contribution in [0.4, 0.5) is 0 Å². The molecule has 0 fully saturated rings. The van der Waals surface area contributed by atoms with Gasteiger partial charge in [-0.3, -0.25) is 4.90 Å². The van der Waals surface area contributed by atoms with Crippen molar-refractivity contribution in [1.82, 2.24) is 10.2 Å². The smallest absolute Gasteiger partial charge is 0.0243 e. The van der Waals surface area contributed by atoms with Crippen molar-refractivity contribution in [3.8, 4) is 0 Å². The van der Waals surface area contributed by atoms with Crippen molar-refractivity contribution < 1.29 is 0 Å². The Kier molecular flexibility index (Phi) is 8.58. The van der Waals surface area contributed by atoms with E-state index in [9.17, 15) is 0 Å². The lowest BCUT2D eigenvalue weighted by atomic mass is 10.0. The second-order valence-corrected chi connectivity index (χ2v) is 5.50. The van der Waals surface area contributed by atoms with Crippen molar-refractivity contribution in [3.63, 3.8) is 0 Å². The summed E-state index contributed by atoms with van der Waals surface area (Å²) in [5.41, 5.74) is 0. The first kappa shape index (κ1) is 15.3. The van der Waals surface area contributed by atoms with E-state index in [4.69, 9.17) is 0 Å². The summed E-state index contributed by atoms with van der Waals surface area (Å²) in [6.45, 7) is 11.3. The number of rotatable bonds is 8. The van der Waals surface area contributed by atoms with Gasteiger partial charge in [-0.25, -0.2) is 0 Å². The highest BCUT2D eigenvalue weighted by molar-refractivity contribution is 7.98. The van der Waals surface area contributed by atoms with Crippen molar-refractivity contribution >= 4 is 11.8 Å². The van der Waals surface area contributed by atoms with E-state index >= 15 is 0 Å². The van der Waals surface area contributed by atoms with Crippen LogP contribution in [-0.2, 0) is 0 Å². The van der Waals surface area contributed by atoms with Crippen LogP contribution in [-0.4, -0.2) is 49.1 Å². The molecule has 0 bridgehead atoms. The predicted octanol–water partition coefficient (Wildman–Crippen LogP) is 2.30. The molecule has 2 nitrogen and oxygen atoms in total. The summed E-state index contributed by atoms with van der Waals surface area (Å²) in [6.07, 6.45) is 2.18. The van der Waals surface area contributed by atoms with Gasteiger partial charge in [-0.1, -0.05) is 20.8 Å². The van der Waals surface area contributed by atoms with Crippen molar-refractivity contribution in [2.24, 2.45) is 5.92 Å². The molecule has 2 unspecified atom stereocenters. The molecular weight excluding hydrogens is 204 g/mol. The highest BCUT2D eigenvalue weighted by Crippen LogP contribution is 2.13. The Bertz CT molecular complexity index is 151. The minimum absolute atomic E-state index is 0.645. The third-order valence-corrected chi connectivity index (χ3v) is 3.82. The molecular formula is C12H28N2S. The predicted molar refractivity (Wildman–Crippen MR) is 72.8 cm³/mol. The number of hydrogen-bond donors (Lipinski definition) is 1. The molecule has 0 aliphatic rings. The molecule has 0 radical (unpaired) electrons. The number of thioether (sulfide) groups is 1. The Balaban J connectivity index is 4.20. The molecule has 92 valence electrons. The van der Waals surface area contributed by atoms with Crippen LogP contribution < -0.4 is 5.32 Å². The minimum atomic E-state index is 0.645. The lowest BCUT2D eigenvalue weighted by Gasteiger charge is -2.35. The number of nitrogens with zero attached hydrogens (tertiary/aromatic N) is 1. The normalized spacial score (nSPS) is 16.0. The molecule has 15 heavy (non-hydrogen) atoms. The molecule has 0 aromatic heterocycles. The van der Waals surface area contributed by atoms with Crippen LogP contribution >= 0.6 is 11.8 Å². The minimum Gasteiger partial charge on any atom is -0.315 e. The number of hydrogen-bond acceptors (Lipinski definition) is 3. The summed E-state index contributed by atoms with van der Waals surface area (Å²) < 4.78 is 0. The summed E-state index contributed by atoms with van der Waals surface area (Å²) in [6, 6.07) is 1.30. The monoisotopic (exact) mass is 232 g/mol.